The van der Waals surface area contributed by atoms with E-state index in [0.717, 1.165) is 43.4 Å². The Balaban J connectivity index is 0.00000304. The second-order valence-electron chi connectivity index (χ2n) is 10.7. The number of aromatic amines is 1. The monoisotopic (exact) mass is 510 g/mol. The van der Waals surface area contributed by atoms with Crippen molar-refractivity contribution in [1.82, 2.24) is 14.9 Å². The van der Waals surface area contributed by atoms with E-state index in [2.05, 4.69) is 45.3 Å². The summed E-state index contributed by atoms with van der Waals surface area (Å²) < 4.78 is 2.39. The van der Waals surface area contributed by atoms with Crippen LogP contribution in [0.25, 0.3) is 10.9 Å². The largest absolute Gasteiger partial charge is 0.353 e. The van der Waals surface area contributed by atoms with Crippen LogP contribution in [0, 0.1) is 5.92 Å². The van der Waals surface area contributed by atoms with Crippen molar-refractivity contribution in [1.29, 1.82) is 0 Å². The molecule has 4 N–H and O–H groups in total. The highest BCUT2D eigenvalue weighted by molar-refractivity contribution is 5.87. The Morgan fingerprint density at radius 2 is 1.81 bits per heavy atom. The van der Waals surface area contributed by atoms with E-state index in [9.17, 15) is 9.59 Å². The Kier molecular flexibility index (Phi) is 8.91. The van der Waals surface area contributed by atoms with Gasteiger partial charge < -0.3 is 20.6 Å². The van der Waals surface area contributed by atoms with Gasteiger partial charge in [-0.15, -0.1) is 12.4 Å². The summed E-state index contributed by atoms with van der Waals surface area (Å²) in [6.45, 7) is 1.01. The number of benzene rings is 1. The lowest BCUT2D eigenvalue weighted by Crippen LogP contribution is -2.40. The van der Waals surface area contributed by atoms with Gasteiger partial charge in [-0.3, -0.25) is 9.59 Å². The highest BCUT2D eigenvalue weighted by atomic mass is 35.5. The van der Waals surface area contributed by atoms with Crippen LogP contribution in [0.4, 0.5) is 0 Å². The quantitative estimate of drug-likeness (QED) is 0.405. The fraction of sp³-hybridized carbons (Fsp3) is 0.517. The van der Waals surface area contributed by atoms with Gasteiger partial charge in [0.25, 0.3) is 0 Å². The molecule has 0 spiro atoms. The number of nitrogens with one attached hydrogen (secondary N) is 2. The van der Waals surface area contributed by atoms with Crippen molar-refractivity contribution in [3.63, 3.8) is 0 Å². The lowest BCUT2D eigenvalue weighted by Gasteiger charge is -2.27. The third-order valence-corrected chi connectivity index (χ3v) is 8.10. The van der Waals surface area contributed by atoms with E-state index in [-0.39, 0.29) is 41.9 Å². The van der Waals surface area contributed by atoms with Gasteiger partial charge in [-0.1, -0.05) is 37.5 Å². The molecule has 1 amide bonds. The summed E-state index contributed by atoms with van der Waals surface area (Å²) in [5.74, 6) is 0.562. The molecule has 7 heteroatoms. The molecular formula is C29H39ClN4O2. The first-order valence-electron chi connectivity index (χ1n) is 13.4. The molecule has 0 radical (unpaired) electrons. The Morgan fingerprint density at radius 3 is 2.56 bits per heavy atom. The van der Waals surface area contributed by atoms with Gasteiger partial charge in [-0.2, -0.15) is 0 Å². The molecule has 2 heterocycles. The molecule has 0 aliphatic heterocycles. The van der Waals surface area contributed by atoms with Gasteiger partial charge in [0.1, 0.15) is 0 Å². The molecule has 194 valence electrons. The minimum absolute atomic E-state index is 0. The molecule has 2 aromatic heterocycles. The highest BCUT2D eigenvalue weighted by Gasteiger charge is 2.26. The number of fused-ring (bicyclic) bond motifs is 1. The van der Waals surface area contributed by atoms with Gasteiger partial charge >= 0.3 is 0 Å². The van der Waals surface area contributed by atoms with Gasteiger partial charge in [0, 0.05) is 60.3 Å². The van der Waals surface area contributed by atoms with E-state index in [1.807, 2.05) is 6.07 Å². The SMILES string of the molecule is Cl.NC1CCC(NC(=O)CC(c2cc[nH]c(=O)c2)c2cn(CC3CCCCC3)c3ccccc23)CC1. The number of nitrogens with two attached hydrogens (primary N) is 1. The van der Waals surface area contributed by atoms with Crippen molar-refractivity contribution in [2.24, 2.45) is 11.7 Å². The van der Waals surface area contributed by atoms with Gasteiger partial charge in [0.15, 0.2) is 0 Å². The molecule has 1 aromatic carbocycles. The number of carbonyl (C=O) groups is 1. The summed E-state index contributed by atoms with van der Waals surface area (Å²) in [4.78, 5) is 28.2. The van der Waals surface area contributed by atoms with Crippen LogP contribution in [0.3, 0.4) is 0 Å². The maximum absolute atomic E-state index is 13.3. The molecule has 2 aliphatic rings. The van der Waals surface area contributed by atoms with Crippen molar-refractivity contribution in [3.05, 3.63) is 70.3 Å². The number of para-hydroxylation sites is 1. The third-order valence-electron chi connectivity index (χ3n) is 8.10. The zero-order valence-electron chi connectivity index (χ0n) is 21.0. The van der Waals surface area contributed by atoms with Crippen LogP contribution in [-0.4, -0.2) is 27.5 Å². The van der Waals surface area contributed by atoms with Crippen LogP contribution in [0.15, 0.2) is 53.6 Å². The molecular weight excluding hydrogens is 472 g/mol. The number of pyridine rings is 1. The summed E-state index contributed by atoms with van der Waals surface area (Å²) in [6.07, 6.45) is 14.6. The zero-order chi connectivity index (χ0) is 24.2. The third kappa shape index (κ3) is 6.22. The highest BCUT2D eigenvalue weighted by Crippen LogP contribution is 2.36. The van der Waals surface area contributed by atoms with E-state index >= 15 is 0 Å². The summed E-state index contributed by atoms with van der Waals surface area (Å²) in [6, 6.07) is 12.5. The maximum atomic E-state index is 13.3. The van der Waals surface area contributed by atoms with Gasteiger partial charge in [-0.25, -0.2) is 0 Å². The number of hydrogen-bond donors (Lipinski definition) is 3. The van der Waals surface area contributed by atoms with Crippen molar-refractivity contribution < 1.29 is 4.79 Å². The normalized spacial score (nSPS) is 21.6. The Hall–Kier alpha value is -2.57. The zero-order valence-corrected chi connectivity index (χ0v) is 21.8. The van der Waals surface area contributed by atoms with Crippen molar-refractivity contribution >= 4 is 29.2 Å². The standard InChI is InChI=1S/C29H38N4O2.ClH/c30-22-10-12-23(13-11-22)32-29(35)17-25(21-14-15-31-28(34)16-21)26-19-33(18-20-6-2-1-3-7-20)27-9-5-4-8-24(26)27;/h4-5,8-9,14-16,19-20,22-23,25H,1-3,6-7,10-13,17-18,30H2,(H,31,34)(H,32,35);1H. The average Bonchev–Trinajstić information content (AvgIpc) is 3.23. The first kappa shape index (κ1) is 26.5. The van der Waals surface area contributed by atoms with E-state index in [0.29, 0.717) is 12.3 Å². The summed E-state index contributed by atoms with van der Waals surface area (Å²) >= 11 is 0. The van der Waals surface area contributed by atoms with Crippen molar-refractivity contribution in [2.75, 3.05) is 0 Å². The van der Waals surface area contributed by atoms with Crippen LogP contribution in [0.1, 0.15) is 81.3 Å². The lowest BCUT2D eigenvalue weighted by molar-refractivity contribution is -0.122. The minimum Gasteiger partial charge on any atom is -0.353 e. The van der Waals surface area contributed by atoms with Crippen LogP contribution >= 0.6 is 12.4 Å². The van der Waals surface area contributed by atoms with E-state index < -0.39 is 0 Å². The average molecular weight is 511 g/mol. The van der Waals surface area contributed by atoms with Crippen molar-refractivity contribution in [3.8, 4) is 0 Å². The molecule has 1 atom stereocenters. The van der Waals surface area contributed by atoms with Crippen LogP contribution in [-0.2, 0) is 11.3 Å². The van der Waals surface area contributed by atoms with Crippen LogP contribution in [0.2, 0.25) is 0 Å². The van der Waals surface area contributed by atoms with Crippen LogP contribution in [0.5, 0.6) is 0 Å². The van der Waals surface area contributed by atoms with Gasteiger partial charge in [-0.05, 0) is 67.7 Å². The first-order chi connectivity index (χ1) is 17.1. The smallest absolute Gasteiger partial charge is 0.248 e. The number of carbonyl (C=O) groups excluding carboxylic acids is 1. The molecule has 2 fully saturated rings. The van der Waals surface area contributed by atoms with E-state index in [1.165, 1.54) is 43.0 Å². The Bertz CT molecular complexity index is 1210. The summed E-state index contributed by atoms with van der Waals surface area (Å²) in [7, 11) is 0. The van der Waals surface area contributed by atoms with E-state index in [4.69, 9.17) is 5.73 Å². The number of aromatic nitrogens is 2. The number of rotatable bonds is 7. The van der Waals surface area contributed by atoms with Gasteiger partial charge in [0.05, 0.1) is 0 Å². The molecule has 5 rings (SSSR count). The molecule has 2 aliphatic carbocycles. The maximum Gasteiger partial charge on any atom is 0.248 e. The second-order valence-corrected chi connectivity index (χ2v) is 10.7. The Labute approximate surface area is 219 Å². The molecule has 36 heavy (non-hydrogen) atoms. The molecule has 2 saturated carbocycles. The number of halogens is 1. The van der Waals surface area contributed by atoms with E-state index in [1.54, 1.807) is 12.3 Å². The molecule has 0 saturated heterocycles. The molecule has 1 unspecified atom stereocenters. The Morgan fingerprint density at radius 1 is 1.06 bits per heavy atom. The minimum atomic E-state index is -0.180. The number of H-pyrrole nitrogens is 1. The van der Waals surface area contributed by atoms with Crippen molar-refractivity contribution in [2.45, 2.75) is 88.8 Å². The number of hydrogen-bond acceptors (Lipinski definition) is 3. The lowest BCUT2D eigenvalue weighted by atomic mass is 9.87. The van der Waals surface area contributed by atoms with Crippen LogP contribution < -0.4 is 16.6 Å². The fourth-order valence-corrected chi connectivity index (χ4v) is 6.17. The molecule has 6 nitrogen and oxygen atoms in total. The predicted octanol–water partition coefficient (Wildman–Crippen LogP) is 5.24. The number of amides is 1. The molecule has 3 aromatic rings. The first-order valence-corrected chi connectivity index (χ1v) is 13.4. The number of nitrogens with zero attached hydrogens (tertiary/aromatic N) is 1. The summed E-state index contributed by atoms with van der Waals surface area (Å²) in [5.41, 5.74) is 9.14. The predicted molar refractivity (Wildman–Crippen MR) is 148 cm³/mol. The van der Waals surface area contributed by atoms with Gasteiger partial charge in [0.2, 0.25) is 11.5 Å². The second kappa shape index (κ2) is 12.1. The summed E-state index contributed by atoms with van der Waals surface area (Å²) in [5, 5.41) is 4.43. The fourth-order valence-electron chi connectivity index (χ4n) is 6.17. The molecule has 0 bridgehead atoms. The topological polar surface area (TPSA) is 92.9 Å².